The number of fused-ring (bicyclic) bond motifs is 1. The molecule has 0 unspecified atom stereocenters. The third-order valence-corrected chi connectivity index (χ3v) is 4.61. The molecule has 0 spiro atoms. The van der Waals surface area contributed by atoms with Crippen LogP contribution in [0.25, 0.3) is 11.3 Å². The molecule has 31 heavy (non-hydrogen) atoms. The Bertz CT molecular complexity index is 1060. The normalized spacial score (nSPS) is 14.2. The number of anilines is 1. The molecule has 2 aromatic carbocycles. The fourth-order valence-corrected chi connectivity index (χ4v) is 3.35. The van der Waals surface area contributed by atoms with Gasteiger partial charge in [0.2, 0.25) is 5.91 Å². The fraction of sp³-hybridized carbons (Fsp3) is 0.261. The van der Waals surface area contributed by atoms with Gasteiger partial charge < -0.3 is 14.2 Å². The predicted octanol–water partition coefficient (Wildman–Crippen LogP) is 3.57. The van der Waals surface area contributed by atoms with E-state index in [4.69, 9.17) is 14.2 Å². The average Bonchev–Trinajstić information content (AvgIpc) is 3.00. The molecule has 0 aliphatic carbocycles. The number of ether oxygens (including phenoxy) is 3. The summed E-state index contributed by atoms with van der Waals surface area (Å²) < 4.78 is 29.8. The van der Waals surface area contributed by atoms with Gasteiger partial charge in [0.15, 0.2) is 0 Å². The second kappa shape index (κ2) is 9.42. The molecule has 2 amide bonds. The Labute approximate surface area is 179 Å². The van der Waals surface area contributed by atoms with Gasteiger partial charge in [0.1, 0.15) is 17.3 Å². The minimum Gasteiger partial charge on any atom is -0.495 e. The number of carbonyl (C=O) groups is 3. The van der Waals surface area contributed by atoms with Gasteiger partial charge in [0.05, 0.1) is 38.0 Å². The highest BCUT2D eigenvalue weighted by molar-refractivity contribution is 6.42. The first kappa shape index (κ1) is 22.0. The van der Waals surface area contributed by atoms with Crippen LogP contribution in [0, 0.1) is 5.82 Å². The summed E-state index contributed by atoms with van der Waals surface area (Å²) in [7, 11) is 1.41. The maximum Gasteiger partial charge on any atom is 0.309 e. The van der Waals surface area contributed by atoms with Crippen LogP contribution in [-0.4, -0.2) is 38.1 Å². The van der Waals surface area contributed by atoms with Crippen LogP contribution in [0.2, 0.25) is 0 Å². The van der Waals surface area contributed by atoms with E-state index in [0.717, 1.165) is 11.0 Å². The molecule has 0 radical (unpaired) electrons. The lowest BCUT2D eigenvalue weighted by Gasteiger charge is -2.13. The van der Waals surface area contributed by atoms with E-state index < -0.39 is 17.6 Å². The maximum atomic E-state index is 13.8. The SMILES string of the molecule is CCOC(=O)CCOc1cccc(/C(OC)=C2\C(=O)N(C(C)=O)c3cc(F)ccc32)c1. The third-order valence-electron chi connectivity index (χ3n) is 4.61. The number of amides is 2. The van der Waals surface area contributed by atoms with E-state index >= 15 is 0 Å². The Hall–Kier alpha value is -3.68. The molecular formula is C23H22FNO6. The molecule has 0 saturated heterocycles. The number of imide groups is 1. The summed E-state index contributed by atoms with van der Waals surface area (Å²) in [5.74, 6) is -1.36. The lowest BCUT2D eigenvalue weighted by molar-refractivity contribution is -0.143. The van der Waals surface area contributed by atoms with Crippen LogP contribution in [0.15, 0.2) is 42.5 Å². The van der Waals surface area contributed by atoms with Crippen LogP contribution >= 0.6 is 0 Å². The predicted molar refractivity (Wildman–Crippen MR) is 112 cm³/mol. The lowest BCUT2D eigenvalue weighted by atomic mass is 10.0. The molecule has 0 fully saturated rings. The summed E-state index contributed by atoms with van der Waals surface area (Å²) in [4.78, 5) is 37.5. The highest BCUT2D eigenvalue weighted by atomic mass is 19.1. The summed E-state index contributed by atoms with van der Waals surface area (Å²) in [6, 6.07) is 10.6. The molecule has 2 aromatic rings. The average molecular weight is 427 g/mol. The number of nitrogens with zero attached hydrogens (tertiary/aromatic N) is 1. The largest absolute Gasteiger partial charge is 0.495 e. The highest BCUT2D eigenvalue weighted by Crippen LogP contribution is 2.41. The van der Waals surface area contributed by atoms with E-state index in [0.29, 0.717) is 23.5 Å². The first-order chi connectivity index (χ1) is 14.9. The first-order valence-corrected chi connectivity index (χ1v) is 9.69. The van der Waals surface area contributed by atoms with Crippen molar-refractivity contribution in [1.82, 2.24) is 0 Å². The first-order valence-electron chi connectivity index (χ1n) is 9.69. The number of rotatable bonds is 7. The van der Waals surface area contributed by atoms with Crippen LogP contribution < -0.4 is 9.64 Å². The summed E-state index contributed by atoms with van der Waals surface area (Å²) >= 11 is 0. The zero-order valence-corrected chi connectivity index (χ0v) is 17.4. The van der Waals surface area contributed by atoms with Crippen molar-refractivity contribution in [3.8, 4) is 5.75 Å². The van der Waals surface area contributed by atoms with Gasteiger partial charge in [-0.05, 0) is 37.3 Å². The molecule has 0 bridgehead atoms. The molecule has 0 atom stereocenters. The Morgan fingerprint density at radius 1 is 1.13 bits per heavy atom. The summed E-state index contributed by atoms with van der Waals surface area (Å²) in [6.45, 7) is 3.39. The number of carbonyl (C=O) groups excluding carboxylic acids is 3. The zero-order valence-electron chi connectivity index (χ0n) is 17.4. The smallest absolute Gasteiger partial charge is 0.309 e. The fourth-order valence-electron chi connectivity index (χ4n) is 3.35. The quantitative estimate of drug-likeness (QED) is 0.382. The van der Waals surface area contributed by atoms with E-state index in [2.05, 4.69) is 0 Å². The van der Waals surface area contributed by atoms with E-state index in [-0.39, 0.29) is 36.0 Å². The number of methoxy groups -OCH3 is 1. The molecule has 3 rings (SSSR count). The zero-order chi connectivity index (χ0) is 22.5. The van der Waals surface area contributed by atoms with Crippen LogP contribution in [0.3, 0.4) is 0 Å². The van der Waals surface area contributed by atoms with Gasteiger partial charge in [-0.2, -0.15) is 0 Å². The Kier molecular flexibility index (Phi) is 6.69. The number of hydrogen-bond acceptors (Lipinski definition) is 6. The summed E-state index contributed by atoms with van der Waals surface area (Å²) in [5.41, 5.74) is 1.24. The molecular weight excluding hydrogens is 405 g/mol. The number of esters is 1. The molecule has 0 N–H and O–H groups in total. The number of halogens is 1. The second-order valence-corrected chi connectivity index (χ2v) is 6.66. The van der Waals surface area contributed by atoms with Crippen LogP contribution in [0.5, 0.6) is 5.75 Å². The van der Waals surface area contributed by atoms with Gasteiger partial charge in [-0.1, -0.05) is 12.1 Å². The molecule has 1 aliphatic rings. The molecule has 162 valence electrons. The van der Waals surface area contributed by atoms with Crippen molar-refractivity contribution in [3.05, 3.63) is 59.4 Å². The molecule has 1 aliphatic heterocycles. The number of hydrogen-bond donors (Lipinski definition) is 0. The van der Waals surface area contributed by atoms with Crippen molar-refractivity contribution in [1.29, 1.82) is 0 Å². The van der Waals surface area contributed by atoms with E-state index in [1.807, 2.05) is 0 Å². The van der Waals surface area contributed by atoms with Crippen LogP contribution in [0.1, 0.15) is 31.4 Å². The van der Waals surface area contributed by atoms with Crippen molar-refractivity contribution in [2.45, 2.75) is 20.3 Å². The Balaban J connectivity index is 1.97. The van der Waals surface area contributed by atoms with Crippen molar-refractivity contribution in [2.75, 3.05) is 25.2 Å². The maximum absolute atomic E-state index is 13.8. The van der Waals surface area contributed by atoms with Gasteiger partial charge in [0.25, 0.3) is 5.91 Å². The van der Waals surface area contributed by atoms with E-state index in [9.17, 15) is 18.8 Å². The summed E-state index contributed by atoms with van der Waals surface area (Å²) in [5, 5.41) is 0. The molecule has 8 heteroatoms. The second-order valence-electron chi connectivity index (χ2n) is 6.66. The van der Waals surface area contributed by atoms with Crippen molar-refractivity contribution >= 4 is 34.8 Å². The standard InChI is InChI=1S/C23H22FNO6/c1-4-30-20(27)10-11-31-17-7-5-6-15(12-17)22(29-3)21-18-9-8-16(24)13-19(18)25(14(2)26)23(21)28/h5-9,12-13H,4,10-11H2,1-3H3/b22-21+. The molecule has 0 saturated carbocycles. The molecule has 7 nitrogen and oxygen atoms in total. The number of benzene rings is 2. The van der Waals surface area contributed by atoms with E-state index in [1.165, 1.54) is 26.2 Å². The van der Waals surface area contributed by atoms with E-state index in [1.54, 1.807) is 31.2 Å². The van der Waals surface area contributed by atoms with Gasteiger partial charge in [0, 0.05) is 18.1 Å². The summed E-state index contributed by atoms with van der Waals surface area (Å²) in [6.07, 6.45) is 0.0985. The molecule has 0 aromatic heterocycles. The minimum absolute atomic E-state index is 0.0985. The highest BCUT2D eigenvalue weighted by Gasteiger charge is 2.38. The lowest BCUT2D eigenvalue weighted by Crippen LogP contribution is -2.31. The molecule has 1 heterocycles. The third kappa shape index (κ3) is 4.58. The van der Waals surface area contributed by atoms with Crippen molar-refractivity contribution in [2.24, 2.45) is 0 Å². The van der Waals surface area contributed by atoms with Crippen molar-refractivity contribution in [3.63, 3.8) is 0 Å². The van der Waals surface area contributed by atoms with Gasteiger partial charge in [-0.3, -0.25) is 14.4 Å². The van der Waals surface area contributed by atoms with Crippen molar-refractivity contribution < 1.29 is 33.0 Å². The van der Waals surface area contributed by atoms with Crippen LogP contribution in [0.4, 0.5) is 10.1 Å². The minimum atomic E-state index is -0.599. The van der Waals surface area contributed by atoms with Crippen LogP contribution in [-0.2, 0) is 23.9 Å². The Morgan fingerprint density at radius 2 is 1.90 bits per heavy atom. The monoisotopic (exact) mass is 427 g/mol. The Morgan fingerprint density at radius 3 is 2.58 bits per heavy atom. The van der Waals surface area contributed by atoms with Gasteiger partial charge >= 0.3 is 5.97 Å². The topological polar surface area (TPSA) is 82.1 Å². The van der Waals surface area contributed by atoms with Gasteiger partial charge in [-0.15, -0.1) is 0 Å². The van der Waals surface area contributed by atoms with Gasteiger partial charge in [-0.25, -0.2) is 9.29 Å².